The fourth-order valence-corrected chi connectivity index (χ4v) is 4.64. The average molecular weight is 630 g/mol. The summed E-state index contributed by atoms with van der Waals surface area (Å²) >= 11 is 0. The van der Waals surface area contributed by atoms with Gasteiger partial charge >= 0.3 is 0 Å². The Labute approximate surface area is 264 Å². The maximum absolute atomic E-state index is 12.3. The van der Waals surface area contributed by atoms with Crippen LogP contribution in [-0.4, -0.2) is 106 Å². The molecule has 5 atom stereocenters. The molecule has 0 aromatic heterocycles. The third-order valence-corrected chi connectivity index (χ3v) is 8.48. The zero-order valence-electron chi connectivity index (χ0n) is 28.0. The van der Waals surface area contributed by atoms with Gasteiger partial charge in [-0.05, 0) is 52.4 Å². The summed E-state index contributed by atoms with van der Waals surface area (Å²) in [5.74, 6) is -1.01. The van der Waals surface area contributed by atoms with Gasteiger partial charge in [0.05, 0.1) is 11.7 Å². The van der Waals surface area contributed by atoms with Gasteiger partial charge in [0.2, 0.25) is 0 Å². The first-order chi connectivity index (χ1) is 20.7. The van der Waals surface area contributed by atoms with Gasteiger partial charge in [-0.3, -0.25) is 20.4 Å². The largest absolute Gasteiger partial charge is 0.387 e. The summed E-state index contributed by atoms with van der Waals surface area (Å²) in [5, 5.41) is 71.3. The van der Waals surface area contributed by atoms with Crippen molar-refractivity contribution >= 4 is 23.5 Å². The summed E-state index contributed by atoms with van der Waals surface area (Å²) in [5.41, 5.74) is -0.450. The number of unbranched alkanes of at least 4 members (excludes halogenated alkanes) is 3. The Balaban J connectivity index is 4.09. The van der Waals surface area contributed by atoms with Gasteiger partial charge in [-0.15, -0.1) is 0 Å². The number of carbonyl (C=O) groups excluding carboxylic acids is 2. The quantitative estimate of drug-likeness (QED) is 0.0397. The number of carbonyl (C=O) groups is 2. The SMILES string of the molecule is CCCC(C)(CC)NCCNC(=N)CCCCCCC(=N)NCCNC(=O)[C@H](O)[C@@H](O)[C@@H](O)[C@H](O)C(=O)NC(C)(CC)CC. The number of hydrogen-bond donors (Lipinski definition) is 11. The van der Waals surface area contributed by atoms with Crippen molar-refractivity contribution in [3.05, 3.63) is 0 Å². The second-order valence-electron chi connectivity index (χ2n) is 12.2. The highest BCUT2D eigenvalue weighted by molar-refractivity contribution is 5.83. The molecule has 2 amide bonds. The molecule has 13 nitrogen and oxygen atoms in total. The topological polar surface area (TPSA) is 223 Å². The van der Waals surface area contributed by atoms with Crippen molar-refractivity contribution in [3.8, 4) is 0 Å². The van der Waals surface area contributed by atoms with Crippen LogP contribution < -0.4 is 26.6 Å². The van der Waals surface area contributed by atoms with Gasteiger partial charge in [-0.1, -0.05) is 47.0 Å². The predicted octanol–water partition coefficient (Wildman–Crippen LogP) is 1.27. The van der Waals surface area contributed by atoms with Crippen LogP contribution in [0.25, 0.3) is 0 Å². The van der Waals surface area contributed by atoms with E-state index in [4.69, 9.17) is 10.8 Å². The zero-order chi connectivity index (χ0) is 33.8. The highest BCUT2D eigenvalue weighted by Crippen LogP contribution is 2.16. The van der Waals surface area contributed by atoms with Crippen LogP contribution >= 0.6 is 0 Å². The van der Waals surface area contributed by atoms with Crippen LogP contribution in [0.5, 0.6) is 0 Å². The van der Waals surface area contributed by atoms with Crippen LogP contribution in [0, 0.1) is 10.8 Å². The van der Waals surface area contributed by atoms with E-state index in [0.29, 0.717) is 37.4 Å². The molecule has 0 radical (unpaired) electrons. The molecule has 0 rings (SSSR count). The van der Waals surface area contributed by atoms with Crippen LogP contribution in [0.2, 0.25) is 0 Å². The minimum Gasteiger partial charge on any atom is -0.387 e. The number of amides is 2. The molecule has 0 heterocycles. The molecule has 0 aromatic rings. The Bertz CT molecular complexity index is 857. The van der Waals surface area contributed by atoms with Crippen LogP contribution in [0.15, 0.2) is 0 Å². The molecule has 0 aliphatic carbocycles. The Morgan fingerprint density at radius 3 is 1.52 bits per heavy atom. The van der Waals surface area contributed by atoms with Crippen molar-refractivity contribution < 1.29 is 30.0 Å². The van der Waals surface area contributed by atoms with Crippen molar-refractivity contribution in [1.82, 2.24) is 26.6 Å². The maximum Gasteiger partial charge on any atom is 0.252 e. The molecule has 0 saturated carbocycles. The van der Waals surface area contributed by atoms with Gasteiger partial charge in [0.25, 0.3) is 11.8 Å². The zero-order valence-corrected chi connectivity index (χ0v) is 28.0. The first kappa shape index (κ1) is 41.7. The molecule has 44 heavy (non-hydrogen) atoms. The smallest absolute Gasteiger partial charge is 0.252 e. The second-order valence-corrected chi connectivity index (χ2v) is 12.2. The van der Waals surface area contributed by atoms with Crippen LogP contribution in [0.3, 0.4) is 0 Å². The van der Waals surface area contributed by atoms with Gasteiger partial charge in [0.1, 0.15) is 12.2 Å². The van der Waals surface area contributed by atoms with Gasteiger partial charge in [0, 0.05) is 50.1 Å². The van der Waals surface area contributed by atoms with Gasteiger partial charge in [-0.2, -0.15) is 0 Å². The van der Waals surface area contributed by atoms with Crippen LogP contribution in [0.1, 0.15) is 112 Å². The van der Waals surface area contributed by atoms with E-state index in [1.165, 1.54) is 0 Å². The van der Waals surface area contributed by atoms with Gasteiger partial charge < -0.3 is 47.0 Å². The lowest BCUT2D eigenvalue weighted by Crippen LogP contribution is -2.57. The molecule has 0 aliphatic heterocycles. The lowest BCUT2D eigenvalue weighted by Gasteiger charge is -2.31. The third kappa shape index (κ3) is 16.7. The second kappa shape index (κ2) is 22.2. The summed E-state index contributed by atoms with van der Waals surface area (Å²) in [7, 11) is 0. The fraction of sp³-hybridized carbons (Fsp3) is 0.871. The van der Waals surface area contributed by atoms with Crippen molar-refractivity contribution in [2.45, 2.75) is 148 Å². The van der Waals surface area contributed by atoms with Crippen molar-refractivity contribution in [2.24, 2.45) is 0 Å². The lowest BCUT2D eigenvalue weighted by atomic mass is 9.93. The molecule has 1 unspecified atom stereocenters. The number of aliphatic hydroxyl groups is 4. The fourth-order valence-electron chi connectivity index (χ4n) is 4.64. The Morgan fingerprint density at radius 1 is 0.636 bits per heavy atom. The van der Waals surface area contributed by atoms with E-state index in [-0.39, 0.29) is 18.6 Å². The summed E-state index contributed by atoms with van der Waals surface area (Å²) in [6.07, 6.45) is 1.17. The molecular formula is C31H63N7O6. The highest BCUT2D eigenvalue weighted by Gasteiger charge is 2.38. The monoisotopic (exact) mass is 629 g/mol. The van der Waals surface area contributed by atoms with E-state index in [1.54, 1.807) is 6.92 Å². The summed E-state index contributed by atoms with van der Waals surface area (Å²) in [6.45, 7) is 14.0. The first-order valence-corrected chi connectivity index (χ1v) is 16.4. The minimum absolute atomic E-state index is 0.0520. The van der Waals surface area contributed by atoms with Gasteiger partial charge in [-0.25, -0.2) is 0 Å². The van der Waals surface area contributed by atoms with Crippen molar-refractivity contribution in [3.63, 3.8) is 0 Å². The molecule has 0 aliphatic rings. The van der Waals surface area contributed by atoms with E-state index >= 15 is 0 Å². The molecule has 11 N–H and O–H groups in total. The standard InChI is InChI=1S/C31H63N7O6/c1-7-17-31(6,10-4)37-21-20-35-23(33)16-14-12-11-13-15-22(32)34-18-19-36-28(43)26(41)24(39)25(40)27(42)29(44)38-30(5,8-2)9-3/h24-27,37,39-42H,7-21H2,1-6H3,(H2,32,34)(H2,33,35)(H,36,43)(H,38,44)/t24-,25+,26+,27-,31?/m0/s1. The normalized spacial score (nSPS) is 15.8. The third-order valence-electron chi connectivity index (χ3n) is 8.48. The van der Waals surface area contributed by atoms with Crippen molar-refractivity contribution in [2.75, 3.05) is 26.2 Å². The predicted molar refractivity (Wildman–Crippen MR) is 175 cm³/mol. The molecule has 0 fully saturated rings. The van der Waals surface area contributed by atoms with E-state index in [2.05, 4.69) is 47.4 Å². The van der Waals surface area contributed by atoms with Crippen molar-refractivity contribution in [1.29, 1.82) is 10.8 Å². The van der Waals surface area contributed by atoms with E-state index in [0.717, 1.165) is 58.0 Å². The average Bonchev–Trinajstić information content (AvgIpc) is 3.01. The molecule has 0 bridgehead atoms. The maximum atomic E-state index is 12.3. The molecule has 0 aromatic carbocycles. The van der Waals surface area contributed by atoms with Crippen LogP contribution in [-0.2, 0) is 9.59 Å². The molecule has 13 heteroatoms. The lowest BCUT2D eigenvalue weighted by molar-refractivity contribution is -0.156. The highest BCUT2D eigenvalue weighted by atomic mass is 16.4. The van der Waals surface area contributed by atoms with Crippen LogP contribution in [0.4, 0.5) is 0 Å². The minimum atomic E-state index is -2.08. The molecular weight excluding hydrogens is 566 g/mol. The Morgan fingerprint density at radius 2 is 1.07 bits per heavy atom. The molecule has 258 valence electrons. The number of rotatable bonds is 25. The number of nitrogens with one attached hydrogen (secondary N) is 7. The van der Waals surface area contributed by atoms with E-state index < -0.39 is 41.8 Å². The van der Waals surface area contributed by atoms with Gasteiger partial charge in [0.15, 0.2) is 12.2 Å². The summed E-state index contributed by atoms with van der Waals surface area (Å²) in [6, 6.07) is 0. The van der Waals surface area contributed by atoms with E-state index in [9.17, 15) is 30.0 Å². The summed E-state index contributed by atoms with van der Waals surface area (Å²) in [4.78, 5) is 24.5. The number of aliphatic hydroxyl groups excluding tert-OH is 4. The summed E-state index contributed by atoms with van der Waals surface area (Å²) < 4.78 is 0. The Kier molecular flexibility index (Phi) is 21.1. The molecule has 0 spiro atoms. The first-order valence-electron chi connectivity index (χ1n) is 16.4. The number of hydrogen-bond acceptors (Lipinski definition) is 9. The molecule has 0 saturated heterocycles. The Hall–Kier alpha value is -2.32. The van der Waals surface area contributed by atoms with E-state index in [1.807, 2.05) is 13.8 Å². The number of amidine groups is 2.